The van der Waals surface area contributed by atoms with Gasteiger partial charge in [0.15, 0.2) is 0 Å². The molecule has 0 unspecified atom stereocenters. The number of carbonyl (C=O) groups excluding carboxylic acids is 1. The van der Waals surface area contributed by atoms with Crippen LogP contribution in [0, 0.1) is 25.6 Å². The molecule has 6 nitrogen and oxygen atoms in total. The number of anilines is 1. The predicted molar refractivity (Wildman–Crippen MR) is 124 cm³/mol. The highest BCUT2D eigenvalue weighted by atomic mass is 32.2. The zero-order chi connectivity index (χ0) is 23.0. The molecule has 32 heavy (non-hydrogen) atoms. The molecule has 8 heteroatoms. The minimum absolute atomic E-state index is 0.153. The number of aryl methyl sites for hydroxylation is 2. The standard InChI is InChI=1S/C24H26FN3O3S/c1-15-7-8-19(13-16(15)2)22-17(3)23(27-32(22,30)31)28-11-9-18(10-12-28)24(29)26-21-6-4-5-20(25)14-21/h4-8,13-14,18H,9-12H2,1-3H3,(H,26,29). The van der Waals surface area contributed by atoms with Crippen molar-refractivity contribution < 1.29 is 17.6 Å². The van der Waals surface area contributed by atoms with Gasteiger partial charge < -0.3 is 10.2 Å². The predicted octanol–water partition coefficient (Wildman–Crippen LogP) is 4.27. The van der Waals surface area contributed by atoms with E-state index in [2.05, 4.69) is 9.71 Å². The van der Waals surface area contributed by atoms with Crippen molar-refractivity contribution in [3.8, 4) is 0 Å². The van der Waals surface area contributed by atoms with E-state index in [4.69, 9.17) is 0 Å². The third-order valence-electron chi connectivity index (χ3n) is 6.17. The third kappa shape index (κ3) is 4.32. The van der Waals surface area contributed by atoms with Gasteiger partial charge in [0.1, 0.15) is 16.6 Å². The van der Waals surface area contributed by atoms with Gasteiger partial charge >= 0.3 is 0 Å². The van der Waals surface area contributed by atoms with Gasteiger partial charge in [-0.3, -0.25) is 4.79 Å². The third-order valence-corrected chi connectivity index (χ3v) is 7.64. The van der Waals surface area contributed by atoms with Crippen LogP contribution in [-0.2, 0) is 14.8 Å². The quantitative estimate of drug-likeness (QED) is 0.750. The lowest BCUT2D eigenvalue weighted by molar-refractivity contribution is -0.120. The number of amidine groups is 1. The minimum atomic E-state index is -3.78. The van der Waals surface area contributed by atoms with E-state index in [1.54, 1.807) is 19.1 Å². The highest BCUT2D eigenvalue weighted by Gasteiger charge is 2.35. The van der Waals surface area contributed by atoms with Gasteiger partial charge in [-0.25, -0.2) is 4.39 Å². The maximum Gasteiger partial charge on any atom is 0.285 e. The molecule has 2 aromatic carbocycles. The molecule has 1 saturated heterocycles. The van der Waals surface area contributed by atoms with Gasteiger partial charge in [0.25, 0.3) is 10.0 Å². The highest BCUT2D eigenvalue weighted by molar-refractivity contribution is 8.00. The normalized spacial score (nSPS) is 18.6. The molecule has 1 amide bonds. The first kappa shape index (κ1) is 22.2. The Labute approximate surface area is 187 Å². The van der Waals surface area contributed by atoms with Gasteiger partial charge in [0.05, 0.1) is 0 Å². The van der Waals surface area contributed by atoms with Crippen molar-refractivity contribution in [2.24, 2.45) is 10.3 Å². The largest absolute Gasteiger partial charge is 0.356 e. The number of hydrogen-bond donors (Lipinski definition) is 1. The molecular weight excluding hydrogens is 429 g/mol. The molecule has 0 spiro atoms. The lowest BCUT2D eigenvalue weighted by atomic mass is 9.95. The number of carbonyl (C=O) groups is 1. The van der Waals surface area contributed by atoms with E-state index in [1.807, 2.05) is 36.9 Å². The fraction of sp³-hybridized carbons (Fsp3) is 0.333. The molecule has 0 radical (unpaired) electrons. The van der Waals surface area contributed by atoms with Gasteiger partial charge in [-0.1, -0.05) is 24.3 Å². The van der Waals surface area contributed by atoms with Crippen molar-refractivity contribution in [1.82, 2.24) is 4.90 Å². The Morgan fingerprint density at radius 1 is 1.06 bits per heavy atom. The molecule has 168 valence electrons. The maximum absolute atomic E-state index is 13.4. The Morgan fingerprint density at radius 3 is 2.44 bits per heavy atom. The van der Waals surface area contributed by atoms with Crippen LogP contribution >= 0.6 is 0 Å². The summed E-state index contributed by atoms with van der Waals surface area (Å²) in [7, 11) is -3.78. The summed E-state index contributed by atoms with van der Waals surface area (Å²) in [6, 6.07) is 11.4. The first-order valence-corrected chi connectivity index (χ1v) is 12.0. The van der Waals surface area contributed by atoms with Crippen molar-refractivity contribution in [2.75, 3.05) is 18.4 Å². The van der Waals surface area contributed by atoms with Crippen molar-refractivity contribution in [2.45, 2.75) is 33.6 Å². The molecule has 1 fully saturated rings. The molecule has 2 aliphatic heterocycles. The second-order valence-corrected chi connectivity index (χ2v) is 9.94. The van der Waals surface area contributed by atoms with Gasteiger partial charge in [0.2, 0.25) is 5.91 Å². The van der Waals surface area contributed by atoms with E-state index in [0.29, 0.717) is 48.6 Å². The summed E-state index contributed by atoms with van der Waals surface area (Å²) in [6.07, 6.45) is 1.12. The summed E-state index contributed by atoms with van der Waals surface area (Å²) in [4.78, 5) is 14.8. The Morgan fingerprint density at radius 2 is 1.78 bits per heavy atom. The van der Waals surface area contributed by atoms with E-state index >= 15 is 0 Å². The molecule has 0 aromatic heterocycles. The number of amides is 1. The molecule has 1 N–H and O–H groups in total. The van der Waals surface area contributed by atoms with Crippen molar-refractivity contribution in [3.05, 3.63) is 70.5 Å². The summed E-state index contributed by atoms with van der Waals surface area (Å²) in [6.45, 7) is 6.77. The number of benzene rings is 2. The number of piperidine rings is 1. The molecule has 4 rings (SSSR count). The molecular formula is C24H26FN3O3S. The number of hydrogen-bond acceptors (Lipinski definition) is 4. The van der Waals surface area contributed by atoms with Crippen LogP contribution in [-0.4, -0.2) is 38.2 Å². The van der Waals surface area contributed by atoms with Crippen LogP contribution in [0.15, 0.2) is 52.4 Å². The van der Waals surface area contributed by atoms with Gasteiger partial charge in [-0.15, -0.1) is 4.40 Å². The number of nitrogens with zero attached hydrogens (tertiary/aromatic N) is 2. The maximum atomic E-state index is 13.4. The van der Waals surface area contributed by atoms with Gasteiger partial charge in [-0.2, -0.15) is 8.42 Å². The summed E-state index contributed by atoms with van der Waals surface area (Å²) in [5, 5.41) is 2.76. The summed E-state index contributed by atoms with van der Waals surface area (Å²) in [5.74, 6) is -0.321. The summed E-state index contributed by atoms with van der Waals surface area (Å²) >= 11 is 0. The highest BCUT2D eigenvalue weighted by Crippen LogP contribution is 2.35. The van der Waals surface area contributed by atoms with Gasteiger partial charge in [-0.05, 0) is 68.5 Å². The molecule has 0 atom stereocenters. The number of likely N-dealkylation sites (tertiary alicyclic amines) is 1. The fourth-order valence-electron chi connectivity index (χ4n) is 4.23. The monoisotopic (exact) mass is 455 g/mol. The van der Waals surface area contributed by atoms with Crippen LogP contribution in [0.5, 0.6) is 0 Å². The SMILES string of the molecule is CC1=C(c2ccc(C)c(C)c2)S(=O)(=O)N=C1N1CCC(C(=O)Nc2cccc(F)c2)CC1. The number of nitrogens with one attached hydrogen (secondary N) is 1. The first-order valence-electron chi connectivity index (χ1n) is 10.6. The zero-order valence-corrected chi connectivity index (χ0v) is 19.2. The van der Waals surface area contributed by atoms with Crippen LogP contribution in [0.4, 0.5) is 10.1 Å². The number of rotatable bonds is 3. The average Bonchev–Trinajstić information content (AvgIpc) is 2.99. The van der Waals surface area contributed by atoms with Crippen LogP contribution in [0.25, 0.3) is 4.91 Å². The fourth-order valence-corrected chi connectivity index (χ4v) is 5.70. The lowest BCUT2D eigenvalue weighted by Crippen LogP contribution is -2.41. The van der Waals surface area contributed by atoms with Gasteiger partial charge in [0, 0.05) is 30.3 Å². The molecule has 2 heterocycles. The number of halogens is 1. The molecule has 2 aliphatic rings. The summed E-state index contributed by atoms with van der Waals surface area (Å²) < 4.78 is 43.2. The molecule has 0 bridgehead atoms. The second kappa shape index (κ2) is 8.50. The Bertz CT molecular complexity index is 1240. The van der Waals surface area contributed by atoms with E-state index in [0.717, 1.165) is 11.1 Å². The van der Waals surface area contributed by atoms with Crippen LogP contribution < -0.4 is 5.32 Å². The molecule has 2 aromatic rings. The zero-order valence-electron chi connectivity index (χ0n) is 18.4. The topological polar surface area (TPSA) is 78.8 Å². The van der Waals surface area contributed by atoms with Crippen LogP contribution in [0.3, 0.4) is 0 Å². The molecule has 0 aliphatic carbocycles. The smallest absolute Gasteiger partial charge is 0.285 e. The lowest BCUT2D eigenvalue weighted by Gasteiger charge is -2.32. The first-order chi connectivity index (χ1) is 15.2. The van der Waals surface area contributed by atoms with E-state index in [-0.39, 0.29) is 16.7 Å². The minimum Gasteiger partial charge on any atom is -0.356 e. The Hall–Kier alpha value is -3.00. The Kier molecular flexibility index (Phi) is 5.90. The van der Waals surface area contributed by atoms with Crippen molar-refractivity contribution in [1.29, 1.82) is 0 Å². The van der Waals surface area contributed by atoms with Crippen molar-refractivity contribution >= 4 is 32.4 Å². The Balaban J connectivity index is 1.48. The van der Waals surface area contributed by atoms with E-state index < -0.39 is 15.8 Å². The van der Waals surface area contributed by atoms with E-state index in [1.165, 1.54) is 12.1 Å². The second-order valence-electron chi connectivity index (χ2n) is 8.40. The molecule has 0 saturated carbocycles. The number of sulfonamides is 1. The summed E-state index contributed by atoms with van der Waals surface area (Å²) in [5.41, 5.74) is 3.84. The van der Waals surface area contributed by atoms with Crippen LogP contribution in [0.2, 0.25) is 0 Å². The van der Waals surface area contributed by atoms with Crippen molar-refractivity contribution in [3.63, 3.8) is 0 Å². The van der Waals surface area contributed by atoms with Crippen LogP contribution in [0.1, 0.15) is 36.5 Å². The van der Waals surface area contributed by atoms with E-state index in [9.17, 15) is 17.6 Å². The average molecular weight is 456 g/mol.